The van der Waals surface area contributed by atoms with Crippen molar-refractivity contribution in [3.05, 3.63) is 218 Å². The normalized spacial score (nSPS) is 11.3. The fourth-order valence-electron chi connectivity index (χ4n) is 9.70. The Morgan fingerprint density at radius 2 is 0.742 bits per heavy atom. The van der Waals surface area contributed by atoms with E-state index >= 15 is 0 Å². The molecule has 0 N–H and O–H groups in total. The second-order valence-corrected chi connectivity index (χ2v) is 16.4. The van der Waals surface area contributed by atoms with Crippen LogP contribution in [0.5, 0.6) is 0 Å². The number of hydrogen-bond donors (Lipinski definition) is 1. The van der Waals surface area contributed by atoms with Crippen molar-refractivity contribution in [1.29, 1.82) is 0 Å². The number of aromatic nitrogens is 6. The molecule has 6 nitrogen and oxygen atoms in total. The molecule has 6 aromatic carbocycles. The van der Waals surface area contributed by atoms with E-state index in [2.05, 4.69) is 191 Å². The van der Waals surface area contributed by atoms with Gasteiger partial charge in [-0.1, -0.05) is 84.9 Å². The highest BCUT2D eigenvalue weighted by molar-refractivity contribution is 7.79. The van der Waals surface area contributed by atoms with Crippen LogP contribution in [0.25, 0.3) is 111 Å². The second-order valence-electron chi connectivity index (χ2n) is 16.4. The number of thiol groups is 1. The number of nitrogens with zero attached hydrogens (tertiary/aromatic N) is 6. The molecule has 0 amide bonds. The van der Waals surface area contributed by atoms with Crippen LogP contribution in [0, 0.1) is 13.8 Å². The molecule has 12 rings (SSSR count). The van der Waals surface area contributed by atoms with Gasteiger partial charge in [-0.15, -0.1) is 0 Å². The van der Waals surface area contributed by atoms with E-state index in [-0.39, 0.29) is 0 Å². The summed E-state index contributed by atoms with van der Waals surface area (Å²) in [5.41, 5.74) is 22.0. The molecule has 6 aromatic heterocycles. The Hall–Kier alpha value is -8.13. The van der Waals surface area contributed by atoms with E-state index in [1.54, 1.807) is 6.26 Å². The third kappa shape index (κ3) is 6.92. The van der Waals surface area contributed by atoms with Gasteiger partial charge in [-0.3, -0.25) is 19.9 Å². The van der Waals surface area contributed by atoms with E-state index in [4.69, 9.17) is 9.97 Å². The lowest BCUT2D eigenvalue weighted by Gasteiger charge is -2.16. The van der Waals surface area contributed by atoms with Gasteiger partial charge in [0.1, 0.15) is 0 Å². The fourth-order valence-corrected chi connectivity index (χ4v) is 9.70. The van der Waals surface area contributed by atoms with Gasteiger partial charge in [0.15, 0.2) is 0 Å². The van der Waals surface area contributed by atoms with Gasteiger partial charge >= 0.3 is 0 Å². The zero-order valence-electron chi connectivity index (χ0n) is 36.8. The molecule has 12 aromatic rings. The maximum Gasteiger partial charge on any atom is 0.0963 e. The van der Waals surface area contributed by atoms with Crippen molar-refractivity contribution >= 4 is 56.5 Å². The molecule has 0 fully saturated rings. The number of aryl methyl sites for hydroxylation is 2. The van der Waals surface area contributed by atoms with Gasteiger partial charge in [0.2, 0.25) is 0 Å². The van der Waals surface area contributed by atoms with Gasteiger partial charge < -0.3 is 9.13 Å². The van der Waals surface area contributed by atoms with Gasteiger partial charge in [0.05, 0.1) is 44.5 Å². The summed E-state index contributed by atoms with van der Waals surface area (Å²) in [7, 11) is 0. The molecule has 6 heterocycles. The Morgan fingerprint density at radius 3 is 1.15 bits per heavy atom. The predicted octanol–water partition coefficient (Wildman–Crippen LogP) is 15.0. The molecule has 0 spiro atoms. The lowest BCUT2D eigenvalue weighted by molar-refractivity contribution is 1.16. The largest absolute Gasteiger partial charge is 0.308 e. The Labute approximate surface area is 389 Å². The summed E-state index contributed by atoms with van der Waals surface area (Å²) in [5, 5.41) is 2.23. The topological polar surface area (TPSA) is 61.4 Å². The second kappa shape index (κ2) is 17.1. The maximum absolute atomic E-state index is 4.93. The summed E-state index contributed by atoms with van der Waals surface area (Å²) in [6.07, 6.45) is 9.17. The SMILES string of the molecule is CS.Cc1cc(-n2c3ccc(-c4ccccc4-c4ccccn4)cc3c3ncccc32)ccc1-c1ccc(-n2c3ccc(-c4ccccc4-c4ccccn4)cc3c3ncccc32)cc1C. The van der Waals surface area contributed by atoms with Gasteiger partial charge in [-0.05, 0) is 162 Å². The molecule has 0 radical (unpaired) electrons. The molecule has 0 aliphatic carbocycles. The van der Waals surface area contributed by atoms with Crippen LogP contribution in [0.1, 0.15) is 11.1 Å². The lowest BCUT2D eigenvalue weighted by Crippen LogP contribution is -1.98. The molecule has 0 unspecified atom stereocenters. The number of benzene rings is 6. The standard InChI is InChI=1S/C58H40N6.CH4S/c1-37-33-41(63-53-27-21-39(35-49(53)57-55(63)19-11-31-61-57)45-13-3-5-15-47(45)51-17-7-9-29-59-51)23-25-43(37)44-26-24-42(34-38(44)2)64-54-28-22-40(36-50(54)58-56(64)20-12-32-62-58)46-14-4-6-16-48(46)52-18-8-10-30-60-52;1-2/h3-36H,1-2H3;2H,1H3. The minimum Gasteiger partial charge on any atom is -0.308 e. The maximum atomic E-state index is 4.93. The monoisotopic (exact) mass is 868 g/mol. The average molecular weight is 869 g/mol. The first-order valence-electron chi connectivity index (χ1n) is 22.1. The van der Waals surface area contributed by atoms with Crippen LogP contribution >= 0.6 is 12.6 Å². The van der Waals surface area contributed by atoms with E-state index in [1.165, 1.54) is 22.3 Å². The summed E-state index contributed by atoms with van der Waals surface area (Å²) in [4.78, 5) is 19.2. The molecular formula is C59H44N6S. The number of rotatable bonds is 7. The van der Waals surface area contributed by atoms with Crippen molar-refractivity contribution in [2.24, 2.45) is 0 Å². The van der Waals surface area contributed by atoms with Crippen LogP contribution in [0.4, 0.5) is 0 Å². The molecule has 0 saturated heterocycles. The van der Waals surface area contributed by atoms with E-state index in [9.17, 15) is 0 Å². The van der Waals surface area contributed by atoms with Crippen molar-refractivity contribution < 1.29 is 0 Å². The highest BCUT2D eigenvalue weighted by Crippen LogP contribution is 2.40. The van der Waals surface area contributed by atoms with Crippen molar-refractivity contribution in [3.63, 3.8) is 0 Å². The highest BCUT2D eigenvalue weighted by atomic mass is 32.1. The minimum absolute atomic E-state index is 0.956. The van der Waals surface area contributed by atoms with Crippen molar-refractivity contribution in [1.82, 2.24) is 29.1 Å². The summed E-state index contributed by atoms with van der Waals surface area (Å²) < 4.78 is 4.69. The average Bonchev–Trinajstić information content (AvgIpc) is 3.90. The van der Waals surface area contributed by atoms with Gasteiger partial charge in [-0.2, -0.15) is 12.6 Å². The van der Waals surface area contributed by atoms with Crippen molar-refractivity contribution in [2.75, 3.05) is 6.26 Å². The fraction of sp³-hybridized carbons (Fsp3) is 0.0508. The number of pyridine rings is 4. The number of fused-ring (bicyclic) bond motifs is 6. The van der Waals surface area contributed by atoms with Gasteiger partial charge in [0, 0.05) is 58.1 Å². The summed E-state index contributed by atoms with van der Waals surface area (Å²) >= 11 is 3.53. The highest BCUT2D eigenvalue weighted by Gasteiger charge is 2.19. The summed E-state index contributed by atoms with van der Waals surface area (Å²) in [6, 6.07) is 64.6. The van der Waals surface area contributed by atoms with Crippen LogP contribution in [-0.2, 0) is 0 Å². The molecule has 0 atom stereocenters. The van der Waals surface area contributed by atoms with Gasteiger partial charge in [0.25, 0.3) is 0 Å². The Kier molecular flexibility index (Phi) is 10.5. The smallest absolute Gasteiger partial charge is 0.0963 e. The third-order valence-electron chi connectivity index (χ3n) is 12.6. The van der Waals surface area contributed by atoms with Crippen LogP contribution < -0.4 is 0 Å². The van der Waals surface area contributed by atoms with E-state index in [1.807, 2.05) is 61.2 Å². The zero-order chi connectivity index (χ0) is 44.7. The molecule has 316 valence electrons. The first-order chi connectivity index (χ1) is 32.6. The zero-order valence-corrected chi connectivity index (χ0v) is 37.7. The Balaban J connectivity index is 0.00000238. The van der Waals surface area contributed by atoms with Crippen molar-refractivity contribution in [2.45, 2.75) is 13.8 Å². The Morgan fingerprint density at radius 1 is 0.333 bits per heavy atom. The first kappa shape index (κ1) is 40.6. The van der Waals surface area contributed by atoms with Crippen LogP contribution in [0.2, 0.25) is 0 Å². The molecule has 0 saturated carbocycles. The van der Waals surface area contributed by atoms with Gasteiger partial charge in [-0.25, -0.2) is 0 Å². The quantitative estimate of drug-likeness (QED) is 0.162. The molecule has 0 aliphatic rings. The predicted molar refractivity (Wildman–Crippen MR) is 278 cm³/mol. The van der Waals surface area contributed by atoms with Crippen LogP contribution in [-0.4, -0.2) is 35.3 Å². The van der Waals surface area contributed by atoms with E-state index < -0.39 is 0 Å². The number of hydrogen-bond acceptors (Lipinski definition) is 5. The molecule has 66 heavy (non-hydrogen) atoms. The van der Waals surface area contributed by atoms with Crippen LogP contribution in [0.15, 0.2) is 207 Å². The first-order valence-corrected chi connectivity index (χ1v) is 23.0. The molecule has 0 aliphatic heterocycles. The van der Waals surface area contributed by atoms with Crippen molar-refractivity contribution in [3.8, 4) is 67.3 Å². The molecule has 0 bridgehead atoms. The third-order valence-corrected chi connectivity index (χ3v) is 12.6. The summed E-state index contributed by atoms with van der Waals surface area (Å²) in [6.45, 7) is 4.43. The molecule has 7 heteroatoms. The van der Waals surface area contributed by atoms with E-state index in [0.29, 0.717) is 0 Å². The van der Waals surface area contributed by atoms with E-state index in [0.717, 1.165) is 100 Å². The Bertz CT molecular complexity index is 3510. The summed E-state index contributed by atoms with van der Waals surface area (Å²) in [5.74, 6) is 0. The lowest BCUT2D eigenvalue weighted by atomic mass is 9.95. The van der Waals surface area contributed by atoms with Crippen LogP contribution in [0.3, 0.4) is 0 Å². The minimum atomic E-state index is 0.956. The molecular weight excluding hydrogens is 825 g/mol.